The summed E-state index contributed by atoms with van der Waals surface area (Å²) in [5.41, 5.74) is 1.49. The zero-order valence-corrected chi connectivity index (χ0v) is 11.1. The van der Waals surface area contributed by atoms with E-state index < -0.39 is 0 Å². The number of benzene rings is 1. The van der Waals surface area contributed by atoms with Crippen LogP contribution in [0.25, 0.3) is 0 Å². The van der Waals surface area contributed by atoms with Crippen LogP contribution in [-0.4, -0.2) is 25.3 Å². The minimum atomic E-state index is 0.587. The van der Waals surface area contributed by atoms with Crippen LogP contribution in [0.4, 0.5) is 0 Å². The Morgan fingerprint density at radius 1 is 1.28 bits per heavy atom. The highest BCUT2D eigenvalue weighted by molar-refractivity contribution is 5.27. The Morgan fingerprint density at radius 2 is 2.11 bits per heavy atom. The van der Waals surface area contributed by atoms with Gasteiger partial charge in [0.2, 0.25) is 0 Å². The smallest absolute Gasteiger partial charge is 0.0509 e. The molecule has 2 fully saturated rings. The maximum atomic E-state index is 5.58. The molecule has 2 heteroatoms. The molecule has 2 aliphatic rings. The third kappa shape index (κ3) is 2.76. The molecule has 0 amide bonds. The highest BCUT2D eigenvalue weighted by atomic mass is 16.5. The molecule has 1 aromatic rings. The van der Waals surface area contributed by atoms with Crippen LogP contribution in [0.5, 0.6) is 0 Å². The van der Waals surface area contributed by atoms with Gasteiger partial charge in [-0.05, 0) is 37.7 Å². The molecule has 18 heavy (non-hydrogen) atoms. The first-order chi connectivity index (χ1) is 8.84. The molecule has 1 saturated carbocycles. The average molecular weight is 245 g/mol. The molecule has 1 saturated heterocycles. The van der Waals surface area contributed by atoms with Crippen molar-refractivity contribution in [1.29, 1.82) is 0 Å². The molecule has 1 aromatic carbocycles. The normalized spacial score (nSPS) is 33.1. The highest BCUT2D eigenvalue weighted by Crippen LogP contribution is 2.41. The summed E-state index contributed by atoms with van der Waals surface area (Å²) in [5.74, 6) is 1.44. The van der Waals surface area contributed by atoms with Crippen molar-refractivity contribution < 1.29 is 4.74 Å². The van der Waals surface area contributed by atoms with Gasteiger partial charge in [0.1, 0.15) is 0 Å². The van der Waals surface area contributed by atoms with Gasteiger partial charge in [-0.2, -0.15) is 0 Å². The second-order valence-corrected chi connectivity index (χ2v) is 5.79. The Hall–Kier alpha value is -0.860. The Kier molecular flexibility index (Phi) is 3.67. The number of hydrogen-bond acceptors (Lipinski definition) is 2. The fourth-order valence-electron chi connectivity index (χ4n) is 3.08. The van der Waals surface area contributed by atoms with Crippen molar-refractivity contribution >= 4 is 0 Å². The number of hydrogen-bond donors (Lipinski definition) is 1. The van der Waals surface area contributed by atoms with E-state index in [1.54, 1.807) is 0 Å². The molecular formula is C16H23NO. The van der Waals surface area contributed by atoms with Crippen molar-refractivity contribution in [3.05, 3.63) is 35.9 Å². The standard InChI is InChI=1S/C16H23NO/c1-12(14-8-5-9-18-11-14)17-16-10-15(16)13-6-3-2-4-7-13/h2-4,6-7,12,14-17H,5,8-11H2,1H3/t12?,14?,15-,16-/m1/s1. The largest absolute Gasteiger partial charge is 0.381 e. The lowest BCUT2D eigenvalue weighted by atomic mass is 9.95. The van der Waals surface area contributed by atoms with Gasteiger partial charge in [-0.1, -0.05) is 30.3 Å². The van der Waals surface area contributed by atoms with Gasteiger partial charge in [-0.15, -0.1) is 0 Å². The van der Waals surface area contributed by atoms with Crippen molar-refractivity contribution in [3.8, 4) is 0 Å². The lowest BCUT2D eigenvalue weighted by Gasteiger charge is -2.28. The van der Waals surface area contributed by atoms with E-state index in [4.69, 9.17) is 4.74 Å². The fourth-order valence-corrected chi connectivity index (χ4v) is 3.08. The van der Waals surface area contributed by atoms with E-state index in [9.17, 15) is 0 Å². The summed E-state index contributed by atoms with van der Waals surface area (Å²) in [7, 11) is 0. The van der Waals surface area contributed by atoms with Gasteiger partial charge in [0, 0.05) is 24.6 Å². The van der Waals surface area contributed by atoms with Crippen LogP contribution in [0.1, 0.15) is 37.7 Å². The molecule has 0 spiro atoms. The molecule has 0 aromatic heterocycles. The van der Waals surface area contributed by atoms with Crippen LogP contribution in [-0.2, 0) is 4.74 Å². The Morgan fingerprint density at radius 3 is 2.83 bits per heavy atom. The van der Waals surface area contributed by atoms with Gasteiger partial charge in [0.05, 0.1) is 6.61 Å². The quantitative estimate of drug-likeness (QED) is 0.880. The van der Waals surface area contributed by atoms with Crippen molar-refractivity contribution in [3.63, 3.8) is 0 Å². The molecule has 1 N–H and O–H groups in total. The molecular weight excluding hydrogens is 222 g/mol. The van der Waals surface area contributed by atoms with Crippen molar-refractivity contribution in [2.75, 3.05) is 13.2 Å². The van der Waals surface area contributed by atoms with Gasteiger partial charge in [0.25, 0.3) is 0 Å². The van der Waals surface area contributed by atoms with Crippen LogP contribution < -0.4 is 5.32 Å². The van der Waals surface area contributed by atoms with Crippen LogP contribution in [0, 0.1) is 5.92 Å². The number of ether oxygens (including phenoxy) is 1. The summed E-state index contributed by atoms with van der Waals surface area (Å²) < 4.78 is 5.58. The Labute approximate surface area is 110 Å². The first kappa shape index (κ1) is 12.2. The summed E-state index contributed by atoms with van der Waals surface area (Å²) in [6, 6.07) is 12.2. The van der Waals surface area contributed by atoms with E-state index in [1.165, 1.54) is 24.8 Å². The topological polar surface area (TPSA) is 21.3 Å². The molecule has 1 aliphatic heterocycles. The molecule has 2 nitrogen and oxygen atoms in total. The second kappa shape index (κ2) is 5.41. The predicted octanol–water partition coefficient (Wildman–Crippen LogP) is 2.95. The monoisotopic (exact) mass is 245 g/mol. The van der Waals surface area contributed by atoms with E-state index in [0.29, 0.717) is 18.0 Å². The third-order valence-corrected chi connectivity index (χ3v) is 4.40. The first-order valence-corrected chi connectivity index (χ1v) is 7.23. The van der Waals surface area contributed by atoms with Crippen molar-refractivity contribution in [1.82, 2.24) is 5.32 Å². The molecule has 98 valence electrons. The van der Waals surface area contributed by atoms with Crippen LogP contribution in [0.3, 0.4) is 0 Å². The summed E-state index contributed by atoms with van der Waals surface area (Å²) in [4.78, 5) is 0. The first-order valence-electron chi connectivity index (χ1n) is 7.23. The van der Waals surface area contributed by atoms with E-state index in [1.807, 2.05) is 0 Å². The lowest BCUT2D eigenvalue weighted by Crippen LogP contribution is -2.39. The Bertz CT molecular complexity index is 372. The zero-order chi connectivity index (χ0) is 12.4. The number of nitrogens with one attached hydrogen (secondary N) is 1. The van der Waals surface area contributed by atoms with E-state index >= 15 is 0 Å². The fraction of sp³-hybridized carbons (Fsp3) is 0.625. The SMILES string of the molecule is CC(N[C@@H]1C[C@@H]1c1ccccc1)C1CCCOC1. The maximum Gasteiger partial charge on any atom is 0.0509 e. The molecule has 4 atom stereocenters. The highest BCUT2D eigenvalue weighted by Gasteiger charge is 2.39. The molecule has 1 aliphatic carbocycles. The molecule has 0 radical (unpaired) electrons. The molecule has 1 heterocycles. The summed E-state index contributed by atoms with van der Waals surface area (Å²) >= 11 is 0. The second-order valence-electron chi connectivity index (χ2n) is 5.79. The van der Waals surface area contributed by atoms with E-state index in [-0.39, 0.29) is 0 Å². The van der Waals surface area contributed by atoms with Crippen LogP contribution in [0.2, 0.25) is 0 Å². The van der Waals surface area contributed by atoms with Gasteiger partial charge in [-0.25, -0.2) is 0 Å². The van der Waals surface area contributed by atoms with Crippen molar-refractivity contribution in [2.24, 2.45) is 5.92 Å². The van der Waals surface area contributed by atoms with Gasteiger partial charge < -0.3 is 10.1 Å². The van der Waals surface area contributed by atoms with Crippen molar-refractivity contribution in [2.45, 2.75) is 44.2 Å². The van der Waals surface area contributed by atoms with Gasteiger partial charge >= 0.3 is 0 Å². The summed E-state index contributed by atoms with van der Waals surface area (Å²) in [5, 5.41) is 3.79. The number of rotatable bonds is 4. The van der Waals surface area contributed by atoms with Crippen LogP contribution >= 0.6 is 0 Å². The van der Waals surface area contributed by atoms with E-state index in [2.05, 4.69) is 42.6 Å². The Balaban J connectivity index is 1.50. The van der Waals surface area contributed by atoms with Gasteiger partial charge in [0.15, 0.2) is 0 Å². The molecule has 3 rings (SSSR count). The lowest BCUT2D eigenvalue weighted by molar-refractivity contribution is 0.0416. The van der Waals surface area contributed by atoms with Gasteiger partial charge in [-0.3, -0.25) is 0 Å². The average Bonchev–Trinajstić information content (AvgIpc) is 3.20. The maximum absolute atomic E-state index is 5.58. The van der Waals surface area contributed by atoms with E-state index in [0.717, 1.165) is 19.1 Å². The third-order valence-electron chi connectivity index (χ3n) is 4.40. The zero-order valence-electron chi connectivity index (χ0n) is 11.1. The predicted molar refractivity (Wildman–Crippen MR) is 73.7 cm³/mol. The minimum Gasteiger partial charge on any atom is -0.381 e. The van der Waals surface area contributed by atoms with Crippen LogP contribution in [0.15, 0.2) is 30.3 Å². The minimum absolute atomic E-state index is 0.587. The molecule has 2 unspecified atom stereocenters. The summed E-state index contributed by atoms with van der Waals surface area (Å²) in [6.07, 6.45) is 3.84. The molecule has 0 bridgehead atoms. The summed E-state index contributed by atoms with van der Waals surface area (Å²) in [6.45, 7) is 4.22.